The van der Waals surface area contributed by atoms with E-state index in [1.807, 2.05) is 0 Å². The zero-order valence-electron chi connectivity index (χ0n) is 10.8. The normalized spacial score (nSPS) is 19.6. The number of aliphatic carboxylic acids is 2. The number of nitrogens with one attached hydrogen (secondary N) is 1. The highest BCUT2D eigenvalue weighted by molar-refractivity contribution is 5.80. The molecular weight excluding hydrogens is 236 g/mol. The first kappa shape index (κ1) is 14.9. The molecule has 0 aromatic heterocycles. The Balaban J connectivity index is 2.22. The highest BCUT2D eigenvalue weighted by Gasteiger charge is 2.21. The molecule has 18 heavy (non-hydrogen) atoms. The third kappa shape index (κ3) is 5.46. The number of hydrogen-bond donors (Lipinski definition) is 3. The van der Waals surface area contributed by atoms with Gasteiger partial charge in [0.2, 0.25) is 0 Å². The van der Waals surface area contributed by atoms with Gasteiger partial charge in [0, 0.05) is 0 Å². The topological polar surface area (TPSA) is 89.9 Å². The Hall–Kier alpha value is -1.14. The molecule has 104 valence electrons. The van der Waals surface area contributed by atoms with E-state index >= 15 is 0 Å². The molecule has 0 aromatic carbocycles. The number of carboxylic acid groups (broad SMARTS) is 2. The van der Waals surface area contributed by atoms with Crippen LogP contribution in [0.1, 0.15) is 25.7 Å². The predicted octanol–water partition coefficient (Wildman–Crippen LogP) is 0.236. The zero-order valence-corrected chi connectivity index (χ0v) is 10.8. The first-order valence-corrected chi connectivity index (χ1v) is 6.35. The molecule has 6 heteroatoms. The van der Waals surface area contributed by atoms with Gasteiger partial charge in [-0.05, 0) is 51.9 Å². The van der Waals surface area contributed by atoms with E-state index in [1.54, 1.807) is 0 Å². The number of rotatable bonds is 7. The lowest BCUT2D eigenvalue weighted by molar-refractivity contribution is -0.145. The molecule has 1 rings (SSSR count). The van der Waals surface area contributed by atoms with Crippen LogP contribution in [0.3, 0.4) is 0 Å². The van der Waals surface area contributed by atoms with Crippen LogP contribution in [0.15, 0.2) is 0 Å². The molecule has 3 N–H and O–H groups in total. The average molecular weight is 258 g/mol. The molecule has 0 spiro atoms. The number of nitrogens with zero attached hydrogens (tertiary/aromatic N) is 1. The highest BCUT2D eigenvalue weighted by atomic mass is 16.4. The maximum absolute atomic E-state index is 10.8. The summed E-state index contributed by atoms with van der Waals surface area (Å²) in [6.45, 7) is 2.74. The second-order valence-corrected chi connectivity index (χ2v) is 4.98. The van der Waals surface area contributed by atoms with Gasteiger partial charge in [0.1, 0.15) is 6.04 Å². The lowest BCUT2D eigenvalue weighted by atomic mass is 9.94. The minimum Gasteiger partial charge on any atom is -0.481 e. The van der Waals surface area contributed by atoms with E-state index in [-0.39, 0.29) is 6.42 Å². The summed E-state index contributed by atoms with van der Waals surface area (Å²) in [7, 11) is 2.10. The van der Waals surface area contributed by atoms with E-state index < -0.39 is 18.0 Å². The first-order chi connectivity index (χ1) is 8.49. The number of carbonyl (C=O) groups is 2. The van der Waals surface area contributed by atoms with Gasteiger partial charge in [0.25, 0.3) is 0 Å². The van der Waals surface area contributed by atoms with Crippen LogP contribution in [0.4, 0.5) is 0 Å². The molecule has 1 atom stereocenters. The monoisotopic (exact) mass is 258 g/mol. The van der Waals surface area contributed by atoms with Gasteiger partial charge in [-0.1, -0.05) is 0 Å². The fourth-order valence-corrected chi connectivity index (χ4v) is 2.23. The van der Waals surface area contributed by atoms with Crippen LogP contribution in [0.25, 0.3) is 0 Å². The van der Waals surface area contributed by atoms with Gasteiger partial charge >= 0.3 is 11.9 Å². The molecule has 0 aliphatic carbocycles. The Morgan fingerprint density at radius 1 is 1.33 bits per heavy atom. The quantitative estimate of drug-likeness (QED) is 0.606. The van der Waals surface area contributed by atoms with Crippen molar-refractivity contribution < 1.29 is 19.8 Å². The van der Waals surface area contributed by atoms with Crippen molar-refractivity contribution in [2.45, 2.75) is 31.7 Å². The summed E-state index contributed by atoms with van der Waals surface area (Å²) in [5.74, 6) is -1.57. The van der Waals surface area contributed by atoms with Crippen molar-refractivity contribution in [2.75, 3.05) is 26.7 Å². The van der Waals surface area contributed by atoms with Crippen molar-refractivity contribution in [1.82, 2.24) is 10.2 Å². The van der Waals surface area contributed by atoms with Gasteiger partial charge < -0.3 is 20.4 Å². The van der Waals surface area contributed by atoms with Gasteiger partial charge in [0.05, 0.1) is 6.42 Å². The fourth-order valence-electron chi connectivity index (χ4n) is 2.23. The van der Waals surface area contributed by atoms with E-state index in [2.05, 4.69) is 17.3 Å². The van der Waals surface area contributed by atoms with Crippen molar-refractivity contribution in [3.8, 4) is 0 Å². The molecule has 0 saturated carbocycles. The maximum atomic E-state index is 10.8. The standard InChI is InChI=1S/C12H22N2O4/c1-14-6-3-9(4-7-14)2-5-13-10(12(17)18)8-11(15)16/h9-10,13H,2-8H2,1H3,(H,15,16)(H,17,18). The Kier molecular flexibility index (Phi) is 6.07. The SMILES string of the molecule is CN1CCC(CCNC(CC(=O)O)C(=O)O)CC1. The van der Waals surface area contributed by atoms with Crippen molar-refractivity contribution in [3.05, 3.63) is 0 Å². The second-order valence-electron chi connectivity index (χ2n) is 4.98. The van der Waals surface area contributed by atoms with E-state index in [0.29, 0.717) is 12.5 Å². The molecule has 1 aliphatic rings. The summed E-state index contributed by atoms with van der Waals surface area (Å²) < 4.78 is 0. The van der Waals surface area contributed by atoms with Crippen LogP contribution in [0.5, 0.6) is 0 Å². The number of hydrogen-bond acceptors (Lipinski definition) is 4. The van der Waals surface area contributed by atoms with Crippen LogP contribution >= 0.6 is 0 Å². The highest BCUT2D eigenvalue weighted by Crippen LogP contribution is 2.18. The number of piperidine rings is 1. The average Bonchev–Trinajstić information content (AvgIpc) is 2.29. The van der Waals surface area contributed by atoms with Crippen LogP contribution in [0.2, 0.25) is 0 Å². The molecule has 1 unspecified atom stereocenters. The zero-order chi connectivity index (χ0) is 13.5. The molecule has 0 bridgehead atoms. The summed E-state index contributed by atoms with van der Waals surface area (Å²) in [6, 6.07) is -0.978. The van der Waals surface area contributed by atoms with Gasteiger partial charge in [-0.2, -0.15) is 0 Å². The Labute approximate surface area is 107 Å². The smallest absolute Gasteiger partial charge is 0.321 e. The fraction of sp³-hybridized carbons (Fsp3) is 0.833. The number of likely N-dealkylation sites (tertiary alicyclic amines) is 1. The molecular formula is C12H22N2O4. The summed E-state index contributed by atoms with van der Waals surface area (Å²) in [5, 5.41) is 20.3. The largest absolute Gasteiger partial charge is 0.481 e. The van der Waals surface area contributed by atoms with Crippen molar-refractivity contribution in [3.63, 3.8) is 0 Å². The third-order valence-corrected chi connectivity index (χ3v) is 3.46. The lowest BCUT2D eigenvalue weighted by Gasteiger charge is -2.29. The first-order valence-electron chi connectivity index (χ1n) is 6.35. The Bertz CT molecular complexity index is 288. The molecule has 0 radical (unpaired) electrons. The predicted molar refractivity (Wildman–Crippen MR) is 66.5 cm³/mol. The molecule has 6 nitrogen and oxygen atoms in total. The minimum atomic E-state index is -1.10. The van der Waals surface area contributed by atoms with Gasteiger partial charge in [0.15, 0.2) is 0 Å². The summed E-state index contributed by atoms with van der Waals surface area (Å²) in [4.78, 5) is 23.6. The van der Waals surface area contributed by atoms with E-state index in [4.69, 9.17) is 10.2 Å². The van der Waals surface area contributed by atoms with Crippen molar-refractivity contribution >= 4 is 11.9 Å². The van der Waals surface area contributed by atoms with Gasteiger partial charge in [-0.3, -0.25) is 9.59 Å². The molecule has 1 saturated heterocycles. The lowest BCUT2D eigenvalue weighted by Crippen LogP contribution is -2.40. The van der Waals surface area contributed by atoms with Crippen LogP contribution in [-0.4, -0.2) is 59.8 Å². The van der Waals surface area contributed by atoms with Crippen LogP contribution < -0.4 is 5.32 Å². The van der Waals surface area contributed by atoms with Gasteiger partial charge in [-0.25, -0.2) is 0 Å². The van der Waals surface area contributed by atoms with E-state index in [0.717, 1.165) is 32.4 Å². The molecule has 1 aliphatic heterocycles. The van der Waals surface area contributed by atoms with E-state index in [9.17, 15) is 9.59 Å². The molecule has 0 aromatic rings. The Morgan fingerprint density at radius 3 is 2.44 bits per heavy atom. The second kappa shape index (κ2) is 7.33. The van der Waals surface area contributed by atoms with Gasteiger partial charge in [-0.15, -0.1) is 0 Å². The molecule has 0 amide bonds. The maximum Gasteiger partial charge on any atom is 0.321 e. The summed E-state index contributed by atoms with van der Waals surface area (Å²) in [6.07, 6.45) is 2.81. The third-order valence-electron chi connectivity index (χ3n) is 3.46. The summed E-state index contributed by atoms with van der Waals surface area (Å²) in [5.41, 5.74) is 0. The van der Waals surface area contributed by atoms with E-state index in [1.165, 1.54) is 0 Å². The Morgan fingerprint density at radius 2 is 1.94 bits per heavy atom. The van der Waals surface area contributed by atoms with Crippen LogP contribution in [-0.2, 0) is 9.59 Å². The molecule has 1 fully saturated rings. The molecule has 1 heterocycles. The van der Waals surface area contributed by atoms with Crippen molar-refractivity contribution in [1.29, 1.82) is 0 Å². The van der Waals surface area contributed by atoms with Crippen LogP contribution in [0, 0.1) is 5.92 Å². The van der Waals surface area contributed by atoms with Crippen molar-refractivity contribution in [2.24, 2.45) is 5.92 Å². The number of carboxylic acids is 2. The summed E-state index contributed by atoms with van der Waals surface area (Å²) >= 11 is 0. The minimum absolute atomic E-state index is 0.372.